The van der Waals surface area contributed by atoms with E-state index in [1.807, 2.05) is 0 Å². The molecule has 5 heteroatoms. The lowest BCUT2D eigenvalue weighted by Crippen LogP contribution is -2.41. The summed E-state index contributed by atoms with van der Waals surface area (Å²) in [6.07, 6.45) is 5.84. The van der Waals surface area contributed by atoms with E-state index in [1.165, 1.54) is 0 Å². The molecule has 1 aliphatic heterocycles. The number of aliphatic carboxylic acids is 1. The van der Waals surface area contributed by atoms with Crippen molar-refractivity contribution in [1.29, 1.82) is 0 Å². The van der Waals surface area contributed by atoms with E-state index in [0.29, 0.717) is 12.2 Å². The molecule has 2 N–H and O–H groups in total. The van der Waals surface area contributed by atoms with Crippen molar-refractivity contribution >= 4 is 24.5 Å². The van der Waals surface area contributed by atoms with Crippen molar-refractivity contribution in [3.63, 3.8) is 0 Å². The van der Waals surface area contributed by atoms with Gasteiger partial charge in [0.1, 0.15) is 0 Å². The summed E-state index contributed by atoms with van der Waals surface area (Å²) in [5.74, 6) is -0.781. The van der Waals surface area contributed by atoms with Crippen molar-refractivity contribution in [3.05, 3.63) is 0 Å². The van der Waals surface area contributed by atoms with Crippen LogP contribution in [-0.2, 0) is 9.59 Å². The Kier molecular flexibility index (Phi) is 6.40. The summed E-state index contributed by atoms with van der Waals surface area (Å²) < 4.78 is 0. The van der Waals surface area contributed by atoms with E-state index in [4.69, 9.17) is 5.11 Å². The lowest BCUT2D eigenvalue weighted by molar-refractivity contribution is -0.141. The van der Waals surface area contributed by atoms with Crippen molar-refractivity contribution in [2.24, 2.45) is 5.92 Å². The highest BCUT2D eigenvalue weighted by atomic mass is 32.1. The first-order chi connectivity index (χ1) is 8.13. The lowest BCUT2D eigenvalue weighted by atomic mass is 9.94. The molecule has 2 unspecified atom stereocenters. The topological polar surface area (TPSA) is 66.4 Å². The maximum absolute atomic E-state index is 11.9. The minimum absolute atomic E-state index is 0.0644. The average molecular weight is 259 g/mol. The summed E-state index contributed by atoms with van der Waals surface area (Å²) in [5.41, 5.74) is 0. The van der Waals surface area contributed by atoms with Gasteiger partial charge < -0.3 is 10.4 Å². The van der Waals surface area contributed by atoms with Gasteiger partial charge in [-0.25, -0.2) is 0 Å². The van der Waals surface area contributed by atoms with Gasteiger partial charge in [0.2, 0.25) is 5.91 Å². The molecule has 0 aliphatic carbocycles. The van der Waals surface area contributed by atoms with Gasteiger partial charge >= 0.3 is 5.97 Å². The number of carbonyl (C=O) groups is 2. The fourth-order valence-electron chi connectivity index (χ4n) is 2.20. The molecule has 0 radical (unpaired) electrons. The normalized spacial score (nSPS) is 27.2. The van der Waals surface area contributed by atoms with Gasteiger partial charge in [-0.2, -0.15) is 12.6 Å². The quantitative estimate of drug-likeness (QED) is 0.678. The molecule has 4 nitrogen and oxygen atoms in total. The Morgan fingerprint density at radius 1 is 1.29 bits per heavy atom. The van der Waals surface area contributed by atoms with E-state index in [2.05, 4.69) is 17.9 Å². The Morgan fingerprint density at radius 3 is 2.53 bits per heavy atom. The summed E-state index contributed by atoms with van der Waals surface area (Å²) in [6, 6.07) is 0.0835. The molecule has 2 atom stereocenters. The van der Waals surface area contributed by atoms with Crippen molar-refractivity contribution in [2.45, 2.75) is 51.0 Å². The van der Waals surface area contributed by atoms with Gasteiger partial charge in [0.05, 0.1) is 6.42 Å². The van der Waals surface area contributed by atoms with E-state index in [9.17, 15) is 9.59 Å². The zero-order valence-electron chi connectivity index (χ0n) is 10.0. The van der Waals surface area contributed by atoms with Crippen LogP contribution in [0.15, 0.2) is 0 Å². The van der Waals surface area contributed by atoms with Crippen LogP contribution in [0.4, 0.5) is 0 Å². The number of nitrogens with one attached hydrogen (secondary N) is 1. The van der Waals surface area contributed by atoms with Gasteiger partial charge in [-0.3, -0.25) is 9.59 Å². The molecular weight excluding hydrogens is 238 g/mol. The molecule has 98 valence electrons. The molecule has 0 bridgehead atoms. The average Bonchev–Trinajstić information content (AvgIpc) is 2.29. The molecule has 0 spiro atoms. The van der Waals surface area contributed by atoms with Crippen LogP contribution < -0.4 is 5.32 Å². The standard InChI is InChI=1S/C12H21NO3S/c14-11(15)7-9-5-3-1-2-4-6-10(8-17)13-12(9)16/h9-10,17H,1-8H2,(H,13,16)(H,14,15). The molecule has 0 aromatic rings. The highest BCUT2D eigenvalue weighted by Crippen LogP contribution is 2.18. The van der Waals surface area contributed by atoms with Crippen LogP contribution in [0.5, 0.6) is 0 Å². The fourth-order valence-corrected chi connectivity index (χ4v) is 2.47. The Labute approximate surface area is 108 Å². The van der Waals surface area contributed by atoms with Crippen LogP contribution >= 0.6 is 12.6 Å². The SMILES string of the molecule is O=C(O)CC1CCCCCCC(CS)NC1=O. The van der Waals surface area contributed by atoms with Gasteiger partial charge in [-0.05, 0) is 12.8 Å². The largest absolute Gasteiger partial charge is 0.481 e. The molecule has 1 fully saturated rings. The van der Waals surface area contributed by atoms with E-state index in [0.717, 1.165) is 32.1 Å². The number of carboxylic acids is 1. The third-order valence-electron chi connectivity index (χ3n) is 3.21. The number of amides is 1. The van der Waals surface area contributed by atoms with Crippen LogP contribution in [0.2, 0.25) is 0 Å². The number of hydrogen-bond donors (Lipinski definition) is 3. The predicted octanol–water partition coefficient (Wildman–Crippen LogP) is 1.85. The van der Waals surface area contributed by atoms with E-state index < -0.39 is 5.97 Å². The summed E-state index contributed by atoms with van der Waals surface area (Å²) in [6.45, 7) is 0. The van der Waals surface area contributed by atoms with E-state index >= 15 is 0 Å². The highest BCUT2D eigenvalue weighted by Gasteiger charge is 2.23. The Morgan fingerprint density at radius 2 is 1.94 bits per heavy atom. The Hall–Kier alpha value is -0.710. The van der Waals surface area contributed by atoms with Crippen LogP contribution in [0.25, 0.3) is 0 Å². The fraction of sp³-hybridized carbons (Fsp3) is 0.833. The third-order valence-corrected chi connectivity index (χ3v) is 3.65. The molecular formula is C12H21NO3S. The zero-order valence-corrected chi connectivity index (χ0v) is 10.9. The van der Waals surface area contributed by atoms with Gasteiger partial charge in [0, 0.05) is 17.7 Å². The van der Waals surface area contributed by atoms with Gasteiger partial charge in [0.25, 0.3) is 0 Å². The highest BCUT2D eigenvalue weighted by molar-refractivity contribution is 7.80. The maximum Gasteiger partial charge on any atom is 0.304 e. The van der Waals surface area contributed by atoms with Crippen LogP contribution in [0.1, 0.15) is 44.9 Å². The van der Waals surface area contributed by atoms with E-state index in [1.54, 1.807) is 0 Å². The second kappa shape index (κ2) is 7.58. The number of thiol groups is 1. The summed E-state index contributed by atoms with van der Waals surface area (Å²) in [7, 11) is 0. The smallest absolute Gasteiger partial charge is 0.304 e. The molecule has 0 aromatic carbocycles. The first-order valence-corrected chi connectivity index (χ1v) is 6.89. The number of rotatable bonds is 3. The second-order valence-electron chi connectivity index (χ2n) is 4.67. The predicted molar refractivity (Wildman–Crippen MR) is 69.2 cm³/mol. The number of hydrogen-bond acceptors (Lipinski definition) is 3. The molecule has 1 saturated heterocycles. The van der Waals surface area contributed by atoms with Crippen molar-refractivity contribution in [1.82, 2.24) is 5.32 Å². The molecule has 1 aliphatic rings. The van der Waals surface area contributed by atoms with Crippen LogP contribution in [0, 0.1) is 5.92 Å². The second-order valence-corrected chi connectivity index (χ2v) is 5.04. The molecule has 17 heavy (non-hydrogen) atoms. The Bertz CT molecular complexity index is 270. The molecule has 1 amide bonds. The van der Waals surface area contributed by atoms with Crippen molar-refractivity contribution < 1.29 is 14.7 Å². The van der Waals surface area contributed by atoms with Crippen LogP contribution in [0.3, 0.4) is 0 Å². The van der Waals surface area contributed by atoms with Gasteiger partial charge in [-0.1, -0.05) is 25.7 Å². The molecule has 1 heterocycles. The third kappa shape index (κ3) is 5.44. The van der Waals surface area contributed by atoms with Gasteiger partial charge in [0.15, 0.2) is 0 Å². The van der Waals surface area contributed by atoms with Crippen molar-refractivity contribution in [3.8, 4) is 0 Å². The first-order valence-electron chi connectivity index (χ1n) is 6.26. The molecule has 0 saturated carbocycles. The first kappa shape index (κ1) is 14.4. The van der Waals surface area contributed by atoms with Gasteiger partial charge in [-0.15, -0.1) is 0 Å². The van der Waals surface area contributed by atoms with E-state index in [-0.39, 0.29) is 24.3 Å². The monoisotopic (exact) mass is 259 g/mol. The zero-order chi connectivity index (χ0) is 12.7. The van der Waals surface area contributed by atoms with Crippen LogP contribution in [-0.4, -0.2) is 28.8 Å². The summed E-state index contributed by atoms with van der Waals surface area (Å²) >= 11 is 4.22. The van der Waals surface area contributed by atoms with Crippen molar-refractivity contribution in [2.75, 3.05) is 5.75 Å². The number of carbonyl (C=O) groups excluding carboxylic acids is 1. The maximum atomic E-state index is 11.9. The number of carboxylic acid groups (broad SMARTS) is 1. The lowest BCUT2D eigenvalue weighted by Gasteiger charge is -2.22. The summed E-state index contributed by atoms with van der Waals surface area (Å²) in [4.78, 5) is 22.6. The molecule has 0 aromatic heterocycles. The molecule has 1 rings (SSSR count). The summed E-state index contributed by atoms with van der Waals surface area (Å²) in [5, 5.41) is 11.7. The minimum atomic E-state index is -0.898. The minimum Gasteiger partial charge on any atom is -0.481 e. The Balaban J connectivity index is 2.60.